The highest BCUT2D eigenvalue weighted by atomic mass is 32.2. The second-order valence-electron chi connectivity index (χ2n) is 5.21. The zero-order valence-corrected chi connectivity index (χ0v) is 12.7. The van der Waals surface area contributed by atoms with Crippen molar-refractivity contribution in [2.24, 2.45) is 5.73 Å². The van der Waals surface area contributed by atoms with Gasteiger partial charge in [-0.1, -0.05) is 13.0 Å². The highest BCUT2D eigenvalue weighted by Gasteiger charge is 2.26. The molecule has 2 atom stereocenters. The molecular weight excluding hydrogens is 276 g/mol. The maximum Gasteiger partial charge on any atom is 0.212 e. The molecule has 0 radical (unpaired) electrons. The van der Waals surface area contributed by atoms with Gasteiger partial charge in [-0.15, -0.1) is 0 Å². The van der Waals surface area contributed by atoms with Crippen molar-refractivity contribution in [2.45, 2.75) is 38.8 Å². The molecule has 20 heavy (non-hydrogen) atoms. The van der Waals surface area contributed by atoms with Gasteiger partial charge in [0.25, 0.3) is 0 Å². The van der Waals surface area contributed by atoms with E-state index in [1.807, 2.05) is 32.0 Å². The van der Waals surface area contributed by atoms with Crippen LogP contribution in [0, 0.1) is 0 Å². The van der Waals surface area contributed by atoms with E-state index in [4.69, 9.17) is 10.5 Å². The number of nitrogens with one attached hydrogen (secondary N) is 1. The van der Waals surface area contributed by atoms with Crippen molar-refractivity contribution >= 4 is 10.0 Å². The molecule has 0 aliphatic carbocycles. The second-order valence-corrected chi connectivity index (χ2v) is 7.09. The van der Waals surface area contributed by atoms with E-state index in [1.165, 1.54) is 0 Å². The van der Waals surface area contributed by atoms with Crippen LogP contribution >= 0.6 is 0 Å². The number of benzene rings is 1. The van der Waals surface area contributed by atoms with Gasteiger partial charge in [0.15, 0.2) is 0 Å². The fourth-order valence-corrected chi connectivity index (χ4v) is 3.70. The largest absolute Gasteiger partial charge is 0.493 e. The van der Waals surface area contributed by atoms with E-state index in [2.05, 4.69) is 4.72 Å². The maximum atomic E-state index is 12.0. The fraction of sp³-hybridized carbons (Fsp3) is 0.571. The molecule has 0 amide bonds. The number of nitrogens with two attached hydrogens (primary N) is 1. The van der Waals surface area contributed by atoms with E-state index in [9.17, 15) is 8.42 Å². The molecule has 1 aliphatic rings. The van der Waals surface area contributed by atoms with Crippen LogP contribution in [0.3, 0.4) is 0 Å². The summed E-state index contributed by atoms with van der Waals surface area (Å²) in [4.78, 5) is 0. The first-order chi connectivity index (χ1) is 9.43. The van der Waals surface area contributed by atoms with Gasteiger partial charge in [0.05, 0.1) is 18.4 Å². The van der Waals surface area contributed by atoms with Gasteiger partial charge in [-0.2, -0.15) is 0 Å². The standard InChI is InChI=1S/C14H22N2O3S/c1-3-8-20(17,18)16-13-6-7-19-14-5-4-11(10(2)15)9-12(13)14/h4-5,9-10,13,16H,3,6-8,15H2,1-2H3. The normalized spacial score (nSPS) is 20.1. The molecule has 0 fully saturated rings. The Labute approximate surface area is 120 Å². The number of ether oxygens (including phenoxy) is 1. The topological polar surface area (TPSA) is 81.4 Å². The Kier molecular flexibility index (Phi) is 4.67. The van der Waals surface area contributed by atoms with Crippen LogP contribution in [0.2, 0.25) is 0 Å². The van der Waals surface area contributed by atoms with Crippen LogP contribution in [0.15, 0.2) is 18.2 Å². The van der Waals surface area contributed by atoms with Gasteiger partial charge in [-0.3, -0.25) is 0 Å². The van der Waals surface area contributed by atoms with Gasteiger partial charge in [0, 0.05) is 18.0 Å². The minimum atomic E-state index is -3.24. The summed E-state index contributed by atoms with van der Waals surface area (Å²) < 4.78 is 32.3. The van der Waals surface area contributed by atoms with Crippen LogP contribution in [-0.4, -0.2) is 20.8 Å². The summed E-state index contributed by atoms with van der Waals surface area (Å²) in [6.45, 7) is 4.27. The smallest absolute Gasteiger partial charge is 0.212 e. The predicted octanol–water partition coefficient (Wildman–Crippen LogP) is 1.86. The van der Waals surface area contributed by atoms with E-state index in [1.54, 1.807) is 0 Å². The number of hydrogen-bond acceptors (Lipinski definition) is 4. The first kappa shape index (κ1) is 15.3. The molecular formula is C14H22N2O3S. The zero-order valence-electron chi connectivity index (χ0n) is 11.9. The third-order valence-corrected chi connectivity index (χ3v) is 4.98. The number of hydrogen-bond donors (Lipinski definition) is 2. The molecule has 112 valence electrons. The third-order valence-electron chi connectivity index (χ3n) is 3.39. The lowest BCUT2D eigenvalue weighted by atomic mass is 9.97. The predicted molar refractivity (Wildman–Crippen MR) is 79.1 cm³/mol. The third kappa shape index (κ3) is 3.50. The minimum absolute atomic E-state index is 0.0878. The van der Waals surface area contributed by atoms with Crippen molar-refractivity contribution in [3.8, 4) is 5.75 Å². The Morgan fingerprint density at radius 1 is 1.50 bits per heavy atom. The summed E-state index contributed by atoms with van der Waals surface area (Å²) in [5, 5.41) is 0. The maximum absolute atomic E-state index is 12.0. The summed E-state index contributed by atoms with van der Waals surface area (Å²) >= 11 is 0. The van der Waals surface area contributed by atoms with Crippen LogP contribution in [0.5, 0.6) is 5.75 Å². The molecule has 1 aromatic carbocycles. The first-order valence-corrected chi connectivity index (χ1v) is 8.60. The Morgan fingerprint density at radius 3 is 2.90 bits per heavy atom. The Bertz CT molecular complexity index is 570. The number of fused-ring (bicyclic) bond motifs is 1. The van der Waals surface area contributed by atoms with Gasteiger partial charge in [-0.25, -0.2) is 13.1 Å². The highest BCUT2D eigenvalue weighted by molar-refractivity contribution is 7.89. The lowest BCUT2D eigenvalue weighted by Gasteiger charge is -2.27. The van der Waals surface area contributed by atoms with E-state index in [-0.39, 0.29) is 17.8 Å². The fourth-order valence-electron chi connectivity index (χ4n) is 2.36. The van der Waals surface area contributed by atoms with Crippen molar-refractivity contribution in [1.29, 1.82) is 0 Å². The summed E-state index contributed by atoms with van der Waals surface area (Å²) in [7, 11) is -3.24. The Balaban J connectivity index is 2.29. The van der Waals surface area contributed by atoms with Crippen LogP contribution in [-0.2, 0) is 10.0 Å². The van der Waals surface area contributed by atoms with E-state index in [0.717, 1.165) is 16.9 Å². The average Bonchev–Trinajstić information content (AvgIpc) is 2.38. The molecule has 1 heterocycles. The SMILES string of the molecule is CCCS(=O)(=O)NC1CCOc2ccc(C(C)N)cc21. The Morgan fingerprint density at radius 2 is 2.25 bits per heavy atom. The van der Waals surface area contributed by atoms with Crippen molar-refractivity contribution in [3.63, 3.8) is 0 Å². The molecule has 5 nitrogen and oxygen atoms in total. The van der Waals surface area contributed by atoms with Crippen LogP contribution in [0.1, 0.15) is 49.9 Å². The molecule has 0 saturated carbocycles. The van der Waals surface area contributed by atoms with E-state index < -0.39 is 10.0 Å². The number of rotatable bonds is 5. The summed E-state index contributed by atoms with van der Waals surface area (Å²) in [5.41, 5.74) is 7.75. The number of sulfonamides is 1. The highest BCUT2D eigenvalue weighted by Crippen LogP contribution is 2.34. The van der Waals surface area contributed by atoms with Gasteiger partial charge in [0.2, 0.25) is 10.0 Å². The summed E-state index contributed by atoms with van der Waals surface area (Å²) in [6, 6.07) is 5.42. The quantitative estimate of drug-likeness (QED) is 0.869. The van der Waals surface area contributed by atoms with E-state index in [0.29, 0.717) is 19.4 Å². The Hall–Kier alpha value is -1.11. The molecule has 1 aromatic rings. The molecule has 0 bridgehead atoms. The molecule has 0 aromatic heterocycles. The summed E-state index contributed by atoms with van der Waals surface area (Å²) in [6.07, 6.45) is 1.24. The van der Waals surface area contributed by atoms with Crippen molar-refractivity contribution in [3.05, 3.63) is 29.3 Å². The molecule has 6 heteroatoms. The van der Waals surface area contributed by atoms with Gasteiger partial charge >= 0.3 is 0 Å². The molecule has 1 aliphatic heterocycles. The second kappa shape index (κ2) is 6.11. The lowest BCUT2D eigenvalue weighted by Crippen LogP contribution is -2.33. The summed E-state index contributed by atoms with van der Waals surface area (Å²) in [5.74, 6) is 0.886. The first-order valence-electron chi connectivity index (χ1n) is 6.95. The van der Waals surface area contributed by atoms with Crippen LogP contribution in [0.4, 0.5) is 0 Å². The van der Waals surface area contributed by atoms with Gasteiger partial charge in [-0.05, 0) is 31.0 Å². The lowest BCUT2D eigenvalue weighted by molar-refractivity contribution is 0.263. The van der Waals surface area contributed by atoms with E-state index >= 15 is 0 Å². The average molecular weight is 298 g/mol. The van der Waals surface area contributed by atoms with Gasteiger partial charge in [0.1, 0.15) is 5.75 Å². The molecule has 2 rings (SSSR count). The molecule has 3 N–H and O–H groups in total. The molecule has 0 spiro atoms. The van der Waals surface area contributed by atoms with Crippen molar-refractivity contribution < 1.29 is 13.2 Å². The van der Waals surface area contributed by atoms with Crippen LogP contribution in [0.25, 0.3) is 0 Å². The van der Waals surface area contributed by atoms with Crippen molar-refractivity contribution in [1.82, 2.24) is 4.72 Å². The van der Waals surface area contributed by atoms with Crippen LogP contribution < -0.4 is 15.2 Å². The van der Waals surface area contributed by atoms with Gasteiger partial charge < -0.3 is 10.5 Å². The molecule has 0 saturated heterocycles. The monoisotopic (exact) mass is 298 g/mol. The molecule has 2 unspecified atom stereocenters. The van der Waals surface area contributed by atoms with Crippen molar-refractivity contribution in [2.75, 3.05) is 12.4 Å². The minimum Gasteiger partial charge on any atom is -0.493 e. The zero-order chi connectivity index (χ0) is 14.8.